The fraction of sp³-hybridized carbons (Fsp3) is 0.464. The van der Waals surface area contributed by atoms with Gasteiger partial charge in [0.2, 0.25) is 11.8 Å². The molecular formula is C28H34F2N6O4. The van der Waals surface area contributed by atoms with Crippen LogP contribution in [0.1, 0.15) is 38.4 Å². The van der Waals surface area contributed by atoms with Crippen LogP contribution in [-0.2, 0) is 32.1 Å². The number of amides is 3. The number of aromatic nitrogens is 1. The monoisotopic (exact) mass is 556 g/mol. The van der Waals surface area contributed by atoms with Gasteiger partial charge in [0.1, 0.15) is 23.1 Å². The van der Waals surface area contributed by atoms with E-state index in [-0.39, 0.29) is 44.2 Å². The average Bonchev–Trinajstić information content (AvgIpc) is 3.19. The van der Waals surface area contributed by atoms with Crippen LogP contribution in [0.3, 0.4) is 0 Å². The highest BCUT2D eigenvalue weighted by molar-refractivity contribution is 6.13. The lowest BCUT2D eigenvalue weighted by atomic mass is 9.74. The lowest BCUT2D eigenvalue weighted by Crippen LogP contribution is -2.61. The minimum Gasteiger partial charge on any atom is -0.374 e. The number of nitrogens with zero attached hydrogens (tertiary/aromatic N) is 4. The van der Waals surface area contributed by atoms with Crippen molar-refractivity contribution in [2.75, 3.05) is 26.2 Å². The van der Waals surface area contributed by atoms with Crippen molar-refractivity contribution in [3.05, 3.63) is 65.5 Å². The van der Waals surface area contributed by atoms with Gasteiger partial charge in [-0.2, -0.15) is 5.10 Å². The lowest BCUT2D eigenvalue weighted by Gasteiger charge is -2.40. The highest BCUT2D eigenvalue weighted by atomic mass is 19.1. The summed E-state index contributed by atoms with van der Waals surface area (Å²) in [5.74, 6) is -2.77. The molecule has 10 nitrogen and oxygen atoms in total. The highest BCUT2D eigenvalue weighted by Gasteiger charge is 2.54. The number of pyridine rings is 1. The lowest BCUT2D eigenvalue weighted by molar-refractivity contribution is -0.144. The second kappa shape index (κ2) is 11.8. The summed E-state index contributed by atoms with van der Waals surface area (Å²) < 4.78 is 33.0. The molecule has 1 unspecified atom stereocenters. The second-order valence-corrected chi connectivity index (χ2v) is 10.7. The molecular weight excluding hydrogens is 522 g/mol. The molecule has 3 amide bonds. The van der Waals surface area contributed by atoms with E-state index < -0.39 is 40.4 Å². The zero-order valence-electron chi connectivity index (χ0n) is 22.8. The normalized spacial score (nSPS) is 19.8. The van der Waals surface area contributed by atoms with Crippen LogP contribution in [0.2, 0.25) is 0 Å². The third-order valence-electron chi connectivity index (χ3n) is 7.08. The van der Waals surface area contributed by atoms with Gasteiger partial charge in [0, 0.05) is 56.0 Å². The molecule has 2 aromatic rings. The number of carbonyl (C=O) groups is 3. The van der Waals surface area contributed by atoms with Crippen molar-refractivity contribution in [2.45, 2.75) is 51.8 Å². The molecule has 0 aliphatic carbocycles. The summed E-state index contributed by atoms with van der Waals surface area (Å²) in [6.07, 6.45) is 2.28. The van der Waals surface area contributed by atoms with Gasteiger partial charge in [0.25, 0.3) is 5.91 Å². The molecule has 0 saturated carbocycles. The van der Waals surface area contributed by atoms with Gasteiger partial charge in [-0.15, -0.1) is 0 Å². The number of benzene rings is 1. The smallest absolute Gasteiger partial charge is 0.256 e. The summed E-state index contributed by atoms with van der Waals surface area (Å²) in [6, 6.07) is 7.38. The molecule has 12 heteroatoms. The number of ether oxygens (including phenoxy) is 1. The van der Waals surface area contributed by atoms with E-state index in [0.717, 1.165) is 12.1 Å². The Morgan fingerprint density at radius 2 is 2.02 bits per heavy atom. The molecule has 2 atom stereocenters. The Hall–Kier alpha value is -3.77. The van der Waals surface area contributed by atoms with E-state index in [1.165, 1.54) is 29.8 Å². The number of hydrogen-bond acceptors (Lipinski definition) is 7. The van der Waals surface area contributed by atoms with Crippen molar-refractivity contribution < 1.29 is 27.9 Å². The number of hydrogen-bond donors (Lipinski definition) is 2. The third kappa shape index (κ3) is 6.18. The molecule has 1 aromatic carbocycles. The van der Waals surface area contributed by atoms with E-state index in [1.54, 1.807) is 12.3 Å². The molecule has 0 bridgehead atoms. The number of nitrogens with one attached hydrogen (secondary N) is 1. The van der Waals surface area contributed by atoms with Crippen LogP contribution in [0.25, 0.3) is 0 Å². The molecule has 40 heavy (non-hydrogen) atoms. The fourth-order valence-corrected chi connectivity index (χ4v) is 4.86. The molecule has 3 heterocycles. The van der Waals surface area contributed by atoms with Gasteiger partial charge in [-0.1, -0.05) is 12.1 Å². The molecule has 1 fully saturated rings. The Kier molecular flexibility index (Phi) is 8.59. The van der Waals surface area contributed by atoms with Gasteiger partial charge in [-0.25, -0.2) is 13.8 Å². The Bertz CT molecular complexity index is 1300. The predicted molar refractivity (Wildman–Crippen MR) is 143 cm³/mol. The van der Waals surface area contributed by atoms with Gasteiger partial charge in [-0.05, 0) is 39.0 Å². The molecule has 214 valence electrons. The zero-order chi connectivity index (χ0) is 29.1. The minimum atomic E-state index is -1.29. The van der Waals surface area contributed by atoms with Crippen LogP contribution in [-0.4, -0.2) is 76.1 Å². The number of fused-ring (bicyclic) bond motifs is 1. The number of nitrogens with two attached hydrogens (primary N) is 1. The van der Waals surface area contributed by atoms with Crippen LogP contribution in [0.5, 0.6) is 0 Å². The molecule has 1 saturated heterocycles. The van der Waals surface area contributed by atoms with E-state index in [0.29, 0.717) is 24.4 Å². The van der Waals surface area contributed by atoms with Gasteiger partial charge in [0.05, 0.1) is 24.5 Å². The van der Waals surface area contributed by atoms with Crippen LogP contribution in [0.15, 0.2) is 47.7 Å². The molecule has 2 aliphatic heterocycles. The van der Waals surface area contributed by atoms with Gasteiger partial charge in [-0.3, -0.25) is 19.4 Å². The summed E-state index contributed by atoms with van der Waals surface area (Å²) in [7, 11) is 0. The third-order valence-corrected chi connectivity index (χ3v) is 7.08. The number of piperidine rings is 1. The number of halogens is 2. The molecule has 4 rings (SSSR count). The maximum absolute atomic E-state index is 14.1. The van der Waals surface area contributed by atoms with Crippen molar-refractivity contribution in [3.8, 4) is 0 Å². The van der Waals surface area contributed by atoms with Gasteiger partial charge < -0.3 is 20.7 Å². The Morgan fingerprint density at radius 3 is 2.67 bits per heavy atom. The topological polar surface area (TPSA) is 130 Å². The summed E-state index contributed by atoms with van der Waals surface area (Å²) in [6.45, 7) is 5.00. The number of carbonyl (C=O) groups excluding carboxylic acids is 3. The maximum atomic E-state index is 14.1. The quantitative estimate of drug-likeness (QED) is 0.459. The molecule has 1 aromatic heterocycles. The SMILES string of the molecule is CCN1N=C2CCN(C(=O)[C@@H](COCc3ccc(F)cc3F)NC(=O)C(C)(C)N)CC2(Cc2ccccn2)C1=O. The number of rotatable bonds is 10. The van der Waals surface area contributed by atoms with Crippen molar-refractivity contribution in [1.29, 1.82) is 0 Å². The largest absolute Gasteiger partial charge is 0.374 e. The van der Waals surface area contributed by atoms with Gasteiger partial charge >= 0.3 is 0 Å². The Balaban J connectivity index is 1.56. The first-order chi connectivity index (χ1) is 18.9. The minimum absolute atomic E-state index is 0.0432. The van der Waals surface area contributed by atoms with E-state index >= 15 is 0 Å². The van der Waals surface area contributed by atoms with Crippen molar-refractivity contribution >= 4 is 23.4 Å². The van der Waals surface area contributed by atoms with Gasteiger partial charge in [0.15, 0.2) is 0 Å². The van der Waals surface area contributed by atoms with Crippen LogP contribution >= 0.6 is 0 Å². The van der Waals surface area contributed by atoms with Crippen LogP contribution in [0.4, 0.5) is 8.78 Å². The van der Waals surface area contributed by atoms with E-state index in [2.05, 4.69) is 15.4 Å². The summed E-state index contributed by atoms with van der Waals surface area (Å²) in [4.78, 5) is 46.1. The number of likely N-dealkylation sites (tertiary alicyclic amines) is 1. The molecule has 3 N–H and O–H groups in total. The standard InChI is InChI=1S/C28H34F2N6O4/c1-4-36-26(39)28(14-20-7-5-6-11-32-20)17-35(12-10-23(28)34-36)24(37)22(33-25(38)27(2,3)31)16-40-15-18-8-9-19(29)13-21(18)30/h5-9,11,13,22H,4,10,12,14-17,31H2,1-3H3,(H,33,38)/t22-,28?/m1/s1. The van der Waals surface area contributed by atoms with E-state index in [9.17, 15) is 23.2 Å². The van der Waals surface area contributed by atoms with Crippen molar-refractivity contribution in [2.24, 2.45) is 16.3 Å². The maximum Gasteiger partial charge on any atom is 0.256 e. The Labute approximate surface area is 231 Å². The summed E-state index contributed by atoms with van der Waals surface area (Å²) >= 11 is 0. The van der Waals surface area contributed by atoms with Crippen molar-refractivity contribution in [1.82, 2.24) is 20.2 Å². The number of hydrazone groups is 1. The first-order valence-electron chi connectivity index (χ1n) is 13.1. The average molecular weight is 557 g/mol. The van der Waals surface area contributed by atoms with Crippen LogP contribution in [0, 0.1) is 17.0 Å². The van der Waals surface area contributed by atoms with Crippen LogP contribution < -0.4 is 11.1 Å². The molecule has 2 aliphatic rings. The summed E-state index contributed by atoms with van der Waals surface area (Å²) in [5.41, 5.74) is 5.06. The zero-order valence-corrected chi connectivity index (χ0v) is 22.8. The molecule has 0 radical (unpaired) electrons. The Morgan fingerprint density at radius 1 is 1.25 bits per heavy atom. The van der Waals surface area contributed by atoms with E-state index in [4.69, 9.17) is 10.5 Å². The van der Waals surface area contributed by atoms with Crippen molar-refractivity contribution in [3.63, 3.8) is 0 Å². The fourth-order valence-electron chi connectivity index (χ4n) is 4.86. The summed E-state index contributed by atoms with van der Waals surface area (Å²) in [5, 5.41) is 8.62. The first-order valence-corrected chi connectivity index (χ1v) is 13.1. The van der Waals surface area contributed by atoms with E-state index in [1.807, 2.05) is 19.1 Å². The first kappa shape index (κ1) is 29.2. The second-order valence-electron chi connectivity index (χ2n) is 10.7. The predicted octanol–water partition coefficient (Wildman–Crippen LogP) is 1.78. The molecule has 0 spiro atoms. The highest BCUT2D eigenvalue weighted by Crippen LogP contribution is 2.38.